The minimum atomic E-state index is 0.117. The van der Waals surface area contributed by atoms with Gasteiger partial charge in [-0.25, -0.2) is 0 Å². The molecule has 1 fully saturated rings. The van der Waals surface area contributed by atoms with Gasteiger partial charge in [0.05, 0.1) is 0 Å². The quantitative estimate of drug-likeness (QED) is 0.830. The van der Waals surface area contributed by atoms with Crippen LogP contribution >= 0.6 is 0 Å². The van der Waals surface area contributed by atoms with E-state index < -0.39 is 0 Å². The van der Waals surface area contributed by atoms with Crippen molar-refractivity contribution in [1.29, 1.82) is 0 Å². The summed E-state index contributed by atoms with van der Waals surface area (Å²) in [5.41, 5.74) is 3.66. The zero-order valence-corrected chi connectivity index (χ0v) is 10.2. The number of rotatable bonds is 2. The summed E-state index contributed by atoms with van der Waals surface area (Å²) in [5.74, 6) is 0.117. The minimum absolute atomic E-state index is 0.117. The van der Waals surface area contributed by atoms with Crippen LogP contribution in [0.15, 0.2) is 18.2 Å². The molecule has 2 heteroatoms. The Labute approximate surface area is 102 Å². The molecule has 1 saturated carbocycles. The summed E-state index contributed by atoms with van der Waals surface area (Å²) in [6.45, 7) is 0. The first-order chi connectivity index (χ1) is 8.33. The third-order valence-corrected chi connectivity index (χ3v) is 4.05. The molecule has 0 aliphatic heterocycles. The highest BCUT2D eigenvalue weighted by atomic mass is 16.1. The maximum Gasteiger partial charge on any atom is 0.251 e. The molecule has 2 aliphatic rings. The topological polar surface area (TPSA) is 29.1 Å². The average Bonchev–Trinajstić information content (AvgIpc) is 2.97. The van der Waals surface area contributed by atoms with Crippen LogP contribution in [-0.2, 0) is 12.8 Å². The fraction of sp³-hybridized carbons (Fsp3) is 0.533. The lowest BCUT2D eigenvalue weighted by atomic mass is 10.1. The smallest absolute Gasteiger partial charge is 0.251 e. The molecule has 0 spiro atoms. The first-order valence-electron chi connectivity index (χ1n) is 6.75. The normalized spacial score (nSPS) is 19.3. The summed E-state index contributed by atoms with van der Waals surface area (Å²) in [4.78, 5) is 12.1. The monoisotopic (exact) mass is 229 g/mol. The number of carbonyl (C=O) groups excluding carboxylic acids is 1. The molecule has 1 aromatic carbocycles. The largest absolute Gasteiger partial charge is 0.349 e. The van der Waals surface area contributed by atoms with Crippen LogP contribution in [0.5, 0.6) is 0 Å². The molecule has 1 amide bonds. The van der Waals surface area contributed by atoms with E-state index in [1.165, 1.54) is 36.8 Å². The van der Waals surface area contributed by atoms with Crippen molar-refractivity contribution in [2.45, 2.75) is 51.0 Å². The van der Waals surface area contributed by atoms with Gasteiger partial charge in [-0.2, -0.15) is 0 Å². The number of amides is 1. The van der Waals surface area contributed by atoms with Crippen molar-refractivity contribution in [3.8, 4) is 0 Å². The highest BCUT2D eigenvalue weighted by Crippen LogP contribution is 2.23. The Morgan fingerprint density at radius 3 is 2.65 bits per heavy atom. The van der Waals surface area contributed by atoms with Crippen LogP contribution in [0, 0.1) is 0 Å². The summed E-state index contributed by atoms with van der Waals surface area (Å²) >= 11 is 0. The predicted molar refractivity (Wildman–Crippen MR) is 68.2 cm³/mol. The molecule has 0 atom stereocenters. The van der Waals surface area contributed by atoms with Crippen molar-refractivity contribution in [3.05, 3.63) is 34.9 Å². The van der Waals surface area contributed by atoms with Gasteiger partial charge >= 0.3 is 0 Å². The van der Waals surface area contributed by atoms with Crippen LogP contribution in [-0.4, -0.2) is 11.9 Å². The molecule has 1 N–H and O–H groups in total. The van der Waals surface area contributed by atoms with Gasteiger partial charge in [0.1, 0.15) is 0 Å². The van der Waals surface area contributed by atoms with Crippen LogP contribution in [0.2, 0.25) is 0 Å². The Balaban J connectivity index is 1.72. The number of hydrogen-bond acceptors (Lipinski definition) is 1. The van der Waals surface area contributed by atoms with Crippen LogP contribution < -0.4 is 5.32 Å². The van der Waals surface area contributed by atoms with Crippen molar-refractivity contribution in [2.24, 2.45) is 0 Å². The lowest BCUT2D eigenvalue weighted by Crippen LogP contribution is -2.32. The molecule has 0 radical (unpaired) electrons. The highest BCUT2D eigenvalue weighted by Gasteiger charge is 2.19. The molecule has 0 unspecified atom stereocenters. The summed E-state index contributed by atoms with van der Waals surface area (Å²) < 4.78 is 0. The molecule has 90 valence electrons. The summed E-state index contributed by atoms with van der Waals surface area (Å²) in [6.07, 6.45) is 8.38. The van der Waals surface area contributed by atoms with E-state index >= 15 is 0 Å². The Hall–Kier alpha value is -1.31. The van der Waals surface area contributed by atoms with Crippen molar-refractivity contribution in [1.82, 2.24) is 5.32 Å². The van der Waals surface area contributed by atoms with Gasteiger partial charge in [0.25, 0.3) is 5.91 Å². The van der Waals surface area contributed by atoms with Gasteiger partial charge < -0.3 is 5.32 Å². The zero-order chi connectivity index (χ0) is 11.7. The van der Waals surface area contributed by atoms with E-state index in [0.29, 0.717) is 6.04 Å². The van der Waals surface area contributed by atoms with E-state index in [4.69, 9.17) is 0 Å². The Morgan fingerprint density at radius 1 is 1.06 bits per heavy atom. The Kier molecular flexibility index (Phi) is 2.87. The maximum absolute atomic E-state index is 12.1. The van der Waals surface area contributed by atoms with E-state index in [-0.39, 0.29) is 5.91 Å². The fourth-order valence-corrected chi connectivity index (χ4v) is 3.05. The van der Waals surface area contributed by atoms with Crippen molar-refractivity contribution in [2.75, 3.05) is 0 Å². The molecule has 2 nitrogen and oxygen atoms in total. The number of fused-ring (bicyclic) bond motifs is 1. The van der Waals surface area contributed by atoms with Gasteiger partial charge in [0.2, 0.25) is 0 Å². The molecule has 0 bridgehead atoms. The minimum Gasteiger partial charge on any atom is -0.349 e. The van der Waals surface area contributed by atoms with Gasteiger partial charge in [0.15, 0.2) is 0 Å². The maximum atomic E-state index is 12.1. The lowest BCUT2D eigenvalue weighted by Gasteiger charge is -2.12. The highest BCUT2D eigenvalue weighted by molar-refractivity contribution is 5.94. The van der Waals surface area contributed by atoms with E-state index in [1.54, 1.807) is 0 Å². The first-order valence-corrected chi connectivity index (χ1v) is 6.75. The number of nitrogens with one attached hydrogen (secondary N) is 1. The molecule has 0 saturated heterocycles. The summed E-state index contributed by atoms with van der Waals surface area (Å²) in [6, 6.07) is 6.61. The SMILES string of the molecule is O=C(NC1CCCC1)c1ccc2c(c1)CCC2. The fourth-order valence-electron chi connectivity index (χ4n) is 3.05. The number of benzene rings is 1. The molecule has 17 heavy (non-hydrogen) atoms. The Bertz CT molecular complexity index is 433. The molecule has 3 rings (SSSR count). The molecule has 1 aromatic rings. The summed E-state index contributed by atoms with van der Waals surface area (Å²) in [7, 11) is 0. The zero-order valence-electron chi connectivity index (χ0n) is 10.2. The van der Waals surface area contributed by atoms with Crippen molar-refractivity contribution in [3.63, 3.8) is 0 Å². The lowest BCUT2D eigenvalue weighted by molar-refractivity contribution is 0.0938. The first kappa shape index (κ1) is 10.8. The van der Waals surface area contributed by atoms with Gasteiger partial charge in [0, 0.05) is 11.6 Å². The number of aryl methyl sites for hydroxylation is 2. The van der Waals surface area contributed by atoms with Crippen LogP contribution in [0.25, 0.3) is 0 Å². The van der Waals surface area contributed by atoms with Crippen LogP contribution in [0.4, 0.5) is 0 Å². The third kappa shape index (κ3) is 2.21. The molecular formula is C15H19NO. The van der Waals surface area contributed by atoms with E-state index in [1.807, 2.05) is 6.07 Å². The van der Waals surface area contributed by atoms with E-state index in [0.717, 1.165) is 24.8 Å². The van der Waals surface area contributed by atoms with Gasteiger partial charge in [-0.15, -0.1) is 0 Å². The molecule has 0 aromatic heterocycles. The second kappa shape index (κ2) is 4.52. The van der Waals surface area contributed by atoms with E-state index in [2.05, 4.69) is 17.4 Å². The predicted octanol–water partition coefficient (Wildman–Crippen LogP) is 2.85. The second-order valence-electron chi connectivity index (χ2n) is 5.29. The molecular weight excluding hydrogens is 210 g/mol. The number of carbonyl (C=O) groups is 1. The summed E-state index contributed by atoms with van der Waals surface area (Å²) in [5, 5.41) is 3.15. The van der Waals surface area contributed by atoms with Crippen LogP contribution in [0.3, 0.4) is 0 Å². The van der Waals surface area contributed by atoms with Crippen LogP contribution in [0.1, 0.15) is 53.6 Å². The number of hydrogen-bond donors (Lipinski definition) is 1. The van der Waals surface area contributed by atoms with Gasteiger partial charge in [-0.1, -0.05) is 18.9 Å². The average molecular weight is 229 g/mol. The Morgan fingerprint density at radius 2 is 1.82 bits per heavy atom. The second-order valence-corrected chi connectivity index (χ2v) is 5.29. The standard InChI is InChI=1S/C15H19NO/c17-15(16-14-6-1-2-7-14)13-9-8-11-4-3-5-12(11)10-13/h8-10,14H,1-7H2,(H,16,17). The van der Waals surface area contributed by atoms with Crippen molar-refractivity contribution < 1.29 is 4.79 Å². The van der Waals surface area contributed by atoms with Gasteiger partial charge in [-0.3, -0.25) is 4.79 Å². The van der Waals surface area contributed by atoms with Gasteiger partial charge in [-0.05, 0) is 55.4 Å². The third-order valence-electron chi connectivity index (χ3n) is 4.05. The van der Waals surface area contributed by atoms with E-state index in [9.17, 15) is 4.79 Å². The molecule has 0 heterocycles. The molecule has 2 aliphatic carbocycles. The van der Waals surface area contributed by atoms with Crippen molar-refractivity contribution >= 4 is 5.91 Å².